The van der Waals surface area contributed by atoms with E-state index in [1.165, 1.54) is 22.3 Å². The predicted molar refractivity (Wildman–Crippen MR) is 68.6 cm³/mol. The van der Waals surface area contributed by atoms with Crippen LogP contribution in [-0.4, -0.2) is 0 Å². The summed E-state index contributed by atoms with van der Waals surface area (Å²) in [4.78, 5) is 0. The molecule has 0 nitrogen and oxygen atoms in total. The molecule has 0 spiro atoms. The van der Waals surface area contributed by atoms with E-state index in [1.54, 1.807) is 11.3 Å². The Morgan fingerprint density at radius 3 is 2.40 bits per heavy atom. The molecule has 1 heteroatoms. The van der Waals surface area contributed by atoms with Gasteiger partial charge in [0.05, 0.1) is 0 Å². The van der Waals surface area contributed by atoms with E-state index < -0.39 is 0 Å². The van der Waals surface area contributed by atoms with Gasteiger partial charge in [0.15, 0.2) is 0 Å². The third-order valence-electron chi connectivity index (χ3n) is 2.75. The highest BCUT2D eigenvalue weighted by atomic mass is 32.1. The molecular formula is C14H16S. The maximum absolute atomic E-state index is 2.29. The Kier molecular flexibility index (Phi) is 2.92. The molecule has 0 aliphatic carbocycles. The van der Waals surface area contributed by atoms with Crippen LogP contribution in [0.3, 0.4) is 0 Å². The van der Waals surface area contributed by atoms with Crippen LogP contribution in [0.4, 0.5) is 0 Å². The van der Waals surface area contributed by atoms with Crippen molar-refractivity contribution in [2.75, 3.05) is 0 Å². The van der Waals surface area contributed by atoms with Crippen LogP contribution in [0.2, 0.25) is 0 Å². The van der Waals surface area contributed by atoms with Crippen molar-refractivity contribution in [2.45, 2.75) is 26.7 Å². The van der Waals surface area contributed by atoms with Crippen molar-refractivity contribution >= 4 is 11.3 Å². The van der Waals surface area contributed by atoms with Crippen molar-refractivity contribution in [3.05, 3.63) is 46.2 Å². The third kappa shape index (κ3) is 2.13. The first kappa shape index (κ1) is 10.4. The van der Waals surface area contributed by atoms with Crippen LogP contribution in [0.5, 0.6) is 0 Å². The maximum Gasteiger partial charge on any atom is -0.00147 e. The zero-order valence-electron chi connectivity index (χ0n) is 9.45. The molecule has 0 atom stereocenters. The third-order valence-corrected chi connectivity index (χ3v) is 3.43. The fraction of sp³-hybridized carbons (Fsp3) is 0.286. The van der Waals surface area contributed by atoms with Crippen molar-refractivity contribution in [3.63, 3.8) is 0 Å². The van der Waals surface area contributed by atoms with Crippen molar-refractivity contribution in [1.82, 2.24) is 0 Å². The Balaban J connectivity index is 2.42. The second-order valence-corrected chi connectivity index (χ2v) is 5.02. The molecule has 2 rings (SSSR count). The predicted octanol–water partition coefficient (Wildman–Crippen LogP) is 4.85. The quantitative estimate of drug-likeness (QED) is 0.673. The number of rotatable bonds is 2. The lowest BCUT2D eigenvalue weighted by atomic mass is 9.95. The van der Waals surface area contributed by atoms with Crippen molar-refractivity contribution in [1.29, 1.82) is 0 Å². The minimum absolute atomic E-state index is 0.613. The monoisotopic (exact) mass is 216 g/mol. The van der Waals surface area contributed by atoms with Crippen LogP contribution in [0.1, 0.15) is 30.9 Å². The van der Waals surface area contributed by atoms with Crippen LogP contribution in [0.25, 0.3) is 11.1 Å². The molecule has 15 heavy (non-hydrogen) atoms. The summed E-state index contributed by atoms with van der Waals surface area (Å²) >= 11 is 1.75. The number of thiophene rings is 1. The highest BCUT2D eigenvalue weighted by molar-refractivity contribution is 7.08. The normalized spacial score (nSPS) is 10.9. The minimum atomic E-state index is 0.613. The van der Waals surface area contributed by atoms with Gasteiger partial charge in [-0.05, 0) is 51.9 Å². The Labute approximate surface area is 95.6 Å². The van der Waals surface area contributed by atoms with Gasteiger partial charge in [-0.15, -0.1) is 0 Å². The fourth-order valence-electron chi connectivity index (χ4n) is 1.93. The summed E-state index contributed by atoms with van der Waals surface area (Å²) in [5.74, 6) is 0.613. The van der Waals surface area contributed by atoms with Gasteiger partial charge in [-0.2, -0.15) is 11.3 Å². The van der Waals surface area contributed by atoms with Crippen LogP contribution in [0.15, 0.2) is 35.0 Å². The Bertz CT molecular complexity index is 438. The largest absolute Gasteiger partial charge is 0.152 e. The second-order valence-electron chi connectivity index (χ2n) is 4.24. The Morgan fingerprint density at radius 2 is 1.87 bits per heavy atom. The SMILES string of the molecule is Cc1cc(-c2ccsc2)ccc1C(C)C. The zero-order chi connectivity index (χ0) is 10.8. The van der Waals surface area contributed by atoms with E-state index >= 15 is 0 Å². The van der Waals surface area contributed by atoms with Gasteiger partial charge in [-0.1, -0.05) is 32.0 Å². The van der Waals surface area contributed by atoms with Crippen LogP contribution in [-0.2, 0) is 0 Å². The lowest BCUT2D eigenvalue weighted by molar-refractivity contribution is 0.857. The molecule has 1 aromatic heterocycles. The molecule has 0 saturated carbocycles. The van der Waals surface area contributed by atoms with E-state index in [1.807, 2.05) is 0 Å². The Morgan fingerprint density at radius 1 is 1.07 bits per heavy atom. The number of benzene rings is 1. The van der Waals surface area contributed by atoms with E-state index in [4.69, 9.17) is 0 Å². The van der Waals surface area contributed by atoms with Crippen molar-refractivity contribution in [3.8, 4) is 11.1 Å². The van der Waals surface area contributed by atoms with E-state index in [-0.39, 0.29) is 0 Å². The topological polar surface area (TPSA) is 0 Å². The lowest BCUT2D eigenvalue weighted by Crippen LogP contribution is -1.91. The summed E-state index contributed by atoms with van der Waals surface area (Å²) in [6.07, 6.45) is 0. The van der Waals surface area contributed by atoms with E-state index in [2.05, 4.69) is 55.8 Å². The van der Waals surface area contributed by atoms with Crippen LogP contribution >= 0.6 is 11.3 Å². The van der Waals surface area contributed by atoms with Gasteiger partial charge in [0.2, 0.25) is 0 Å². The maximum atomic E-state index is 2.29. The van der Waals surface area contributed by atoms with Gasteiger partial charge < -0.3 is 0 Å². The molecule has 0 aliphatic heterocycles. The van der Waals surface area contributed by atoms with Gasteiger partial charge in [0, 0.05) is 0 Å². The van der Waals surface area contributed by atoms with Crippen LogP contribution in [0, 0.1) is 6.92 Å². The summed E-state index contributed by atoms with van der Waals surface area (Å²) in [7, 11) is 0. The lowest BCUT2D eigenvalue weighted by Gasteiger charge is -2.10. The first-order valence-electron chi connectivity index (χ1n) is 5.31. The average Bonchev–Trinajstić information content (AvgIpc) is 2.69. The zero-order valence-corrected chi connectivity index (χ0v) is 10.3. The molecule has 0 saturated heterocycles. The summed E-state index contributed by atoms with van der Waals surface area (Å²) in [5.41, 5.74) is 5.51. The Hall–Kier alpha value is -1.08. The van der Waals surface area contributed by atoms with Gasteiger partial charge in [-0.3, -0.25) is 0 Å². The minimum Gasteiger partial charge on any atom is -0.152 e. The summed E-state index contributed by atoms with van der Waals surface area (Å²) in [5, 5.41) is 4.32. The summed E-state index contributed by atoms with van der Waals surface area (Å²) in [6.45, 7) is 6.68. The molecule has 0 fully saturated rings. The number of aryl methyl sites for hydroxylation is 1. The van der Waals surface area contributed by atoms with Crippen molar-refractivity contribution in [2.24, 2.45) is 0 Å². The molecule has 0 radical (unpaired) electrons. The molecule has 1 aromatic carbocycles. The molecule has 1 heterocycles. The smallest absolute Gasteiger partial charge is 0.00147 e. The first-order valence-corrected chi connectivity index (χ1v) is 6.26. The average molecular weight is 216 g/mol. The van der Waals surface area contributed by atoms with Gasteiger partial charge in [0.25, 0.3) is 0 Å². The number of hydrogen-bond donors (Lipinski definition) is 0. The standard InChI is InChI=1S/C14H16S/c1-10(2)14-5-4-12(8-11(14)3)13-6-7-15-9-13/h4-10H,1-3H3. The van der Waals surface area contributed by atoms with E-state index in [0.717, 1.165) is 0 Å². The van der Waals surface area contributed by atoms with Gasteiger partial charge >= 0.3 is 0 Å². The highest BCUT2D eigenvalue weighted by Crippen LogP contribution is 2.27. The molecule has 0 N–H and O–H groups in total. The molecule has 0 aliphatic rings. The molecular weight excluding hydrogens is 200 g/mol. The molecule has 0 bridgehead atoms. The molecule has 2 aromatic rings. The fourth-order valence-corrected chi connectivity index (χ4v) is 2.60. The molecule has 0 amide bonds. The first-order chi connectivity index (χ1) is 7.18. The van der Waals surface area contributed by atoms with E-state index in [0.29, 0.717) is 5.92 Å². The summed E-state index contributed by atoms with van der Waals surface area (Å²) in [6, 6.07) is 8.95. The van der Waals surface area contributed by atoms with Gasteiger partial charge in [-0.25, -0.2) is 0 Å². The second kappa shape index (κ2) is 4.19. The highest BCUT2D eigenvalue weighted by Gasteiger charge is 2.05. The molecule has 78 valence electrons. The van der Waals surface area contributed by atoms with E-state index in [9.17, 15) is 0 Å². The van der Waals surface area contributed by atoms with Crippen LogP contribution < -0.4 is 0 Å². The number of hydrogen-bond acceptors (Lipinski definition) is 1. The van der Waals surface area contributed by atoms with Gasteiger partial charge in [0.1, 0.15) is 0 Å². The summed E-state index contributed by atoms with van der Waals surface area (Å²) < 4.78 is 0. The molecule has 0 unspecified atom stereocenters. The van der Waals surface area contributed by atoms with Crippen molar-refractivity contribution < 1.29 is 0 Å².